The van der Waals surface area contributed by atoms with E-state index in [9.17, 15) is 13.2 Å². The van der Waals surface area contributed by atoms with Crippen LogP contribution in [0.15, 0.2) is 16.9 Å². The molecule has 0 spiro atoms. The first-order valence-corrected chi connectivity index (χ1v) is 7.26. The maximum Gasteiger partial charge on any atom is 0.337 e. The molecule has 16 heavy (non-hydrogen) atoms. The summed E-state index contributed by atoms with van der Waals surface area (Å²) in [6.45, 7) is 1.84. The molecule has 0 radical (unpaired) electrons. The normalized spacial score (nSPS) is 11.6. The smallest absolute Gasteiger partial charge is 0.337 e. The number of sulfone groups is 1. The number of aromatic carboxylic acids is 1. The lowest BCUT2D eigenvalue weighted by molar-refractivity contribution is 0.0697. The predicted molar refractivity (Wildman–Crippen MR) is 63.4 cm³/mol. The summed E-state index contributed by atoms with van der Waals surface area (Å²) in [5.41, 5.74) is 0.140. The molecule has 0 saturated carbocycles. The Morgan fingerprint density at radius 1 is 1.56 bits per heavy atom. The van der Waals surface area contributed by atoms with Crippen molar-refractivity contribution in [2.45, 2.75) is 13.5 Å². The van der Waals surface area contributed by atoms with Gasteiger partial charge in [0.2, 0.25) is 0 Å². The van der Waals surface area contributed by atoms with Crippen LogP contribution in [0, 0.1) is 0 Å². The fourth-order valence-corrected chi connectivity index (χ4v) is 2.44. The Morgan fingerprint density at radius 3 is 2.62 bits per heavy atom. The first-order chi connectivity index (χ1) is 7.35. The van der Waals surface area contributed by atoms with Gasteiger partial charge in [0, 0.05) is 18.5 Å². The van der Waals surface area contributed by atoms with Crippen LogP contribution in [-0.4, -0.2) is 35.6 Å². The second-order valence-corrected chi connectivity index (χ2v) is 6.57. The Hall–Kier alpha value is -0.820. The van der Waals surface area contributed by atoms with Gasteiger partial charge in [0.25, 0.3) is 0 Å². The summed E-state index contributed by atoms with van der Waals surface area (Å²) in [4.78, 5) is 10.7. The number of aromatic nitrogens is 1. The van der Waals surface area contributed by atoms with Crippen molar-refractivity contribution in [1.29, 1.82) is 0 Å². The van der Waals surface area contributed by atoms with E-state index in [2.05, 4.69) is 15.9 Å². The molecule has 1 aromatic rings. The molecule has 0 unspecified atom stereocenters. The van der Waals surface area contributed by atoms with Crippen LogP contribution in [0.4, 0.5) is 0 Å². The molecule has 90 valence electrons. The molecular formula is C9H12BrNO4S. The summed E-state index contributed by atoms with van der Waals surface area (Å²) in [5.74, 6) is -0.925. The third-order valence-electron chi connectivity index (χ3n) is 2.17. The molecule has 5 nitrogen and oxygen atoms in total. The summed E-state index contributed by atoms with van der Waals surface area (Å²) >= 11 is 3.18. The predicted octanol–water partition coefficient (Wildman–Crippen LogP) is 1.38. The quantitative estimate of drug-likeness (QED) is 0.891. The lowest BCUT2D eigenvalue weighted by Gasteiger charge is -2.04. The zero-order valence-electron chi connectivity index (χ0n) is 8.68. The summed E-state index contributed by atoms with van der Waals surface area (Å²) in [5, 5.41) is 8.74. The van der Waals surface area contributed by atoms with Crippen molar-refractivity contribution >= 4 is 31.7 Å². The Kier molecular flexibility index (Phi) is 4.15. The van der Waals surface area contributed by atoms with E-state index in [4.69, 9.17) is 5.11 Å². The second kappa shape index (κ2) is 5.01. The number of carbonyl (C=O) groups is 1. The van der Waals surface area contributed by atoms with Crippen molar-refractivity contribution in [1.82, 2.24) is 4.57 Å². The van der Waals surface area contributed by atoms with Gasteiger partial charge in [-0.2, -0.15) is 0 Å². The number of nitrogens with zero attached hydrogens (tertiary/aromatic N) is 1. The van der Waals surface area contributed by atoms with Crippen LogP contribution < -0.4 is 0 Å². The third-order valence-corrected chi connectivity index (χ3v) is 4.54. The number of aryl methyl sites for hydroxylation is 1. The maximum absolute atomic E-state index is 11.3. The van der Waals surface area contributed by atoms with Gasteiger partial charge in [-0.3, -0.25) is 0 Å². The van der Waals surface area contributed by atoms with Gasteiger partial charge in [-0.15, -0.1) is 0 Å². The third kappa shape index (κ3) is 3.34. The van der Waals surface area contributed by atoms with Crippen LogP contribution in [0.1, 0.15) is 17.3 Å². The van der Waals surface area contributed by atoms with E-state index in [1.807, 2.05) is 0 Å². The van der Waals surface area contributed by atoms with Crippen molar-refractivity contribution in [3.05, 3.63) is 22.4 Å². The van der Waals surface area contributed by atoms with Crippen molar-refractivity contribution in [3.8, 4) is 0 Å². The average Bonchev–Trinajstić information content (AvgIpc) is 2.57. The summed E-state index contributed by atoms with van der Waals surface area (Å²) in [6, 6.07) is 1.45. The molecule has 0 bridgehead atoms. The van der Waals surface area contributed by atoms with Gasteiger partial charge in [0.1, 0.15) is 0 Å². The molecule has 0 aromatic carbocycles. The van der Waals surface area contributed by atoms with E-state index in [1.165, 1.54) is 12.3 Å². The summed E-state index contributed by atoms with van der Waals surface area (Å²) in [7, 11) is -3.03. The SMILES string of the molecule is CCS(=O)(=O)CCn1cc(C(=O)O)cc1Br. The fraction of sp³-hybridized carbons (Fsp3) is 0.444. The van der Waals surface area contributed by atoms with E-state index >= 15 is 0 Å². The highest BCUT2D eigenvalue weighted by atomic mass is 79.9. The molecule has 0 aliphatic heterocycles. The number of hydrogen-bond donors (Lipinski definition) is 1. The lowest BCUT2D eigenvalue weighted by Crippen LogP contribution is -2.14. The van der Waals surface area contributed by atoms with Gasteiger partial charge >= 0.3 is 5.97 Å². The number of halogens is 1. The maximum atomic E-state index is 11.3. The lowest BCUT2D eigenvalue weighted by atomic mass is 10.4. The Bertz CT molecular complexity index is 492. The topological polar surface area (TPSA) is 76.4 Å². The molecule has 0 aliphatic rings. The Balaban J connectivity index is 2.79. The second-order valence-electron chi connectivity index (χ2n) is 3.29. The van der Waals surface area contributed by atoms with E-state index in [0.29, 0.717) is 4.60 Å². The average molecular weight is 310 g/mol. The first kappa shape index (κ1) is 13.2. The monoisotopic (exact) mass is 309 g/mol. The number of hydrogen-bond acceptors (Lipinski definition) is 3. The molecule has 1 N–H and O–H groups in total. The van der Waals surface area contributed by atoms with Gasteiger partial charge < -0.3 is 9.67 Å². The van der Waals surface area contributed by atoms with Gasteiger partial charge in [0.05, 0.1) is 15.9 Å². The number of carboxylic acid groups (broad SMARTS) is 1. The van der Waals surface area contributed by atoms with Crippen LogP contribution >= 0.6 is 15.9 Å². The van der Waals surface area contributed by atoms with Crippen molar-refractivity contribution in [2.75, 3.05) is 11.5 Å². The molecular weight excluding hydrogens is 298 g/mol. The van der Waals surface area contributed by atoms with Gasteiger partial charge in [-0.1, -0.05) is 6.92 Å². The standard InChI is InChI=1S/C9H12BrNO4S/c1-2-16(14,15)4-3-11-6-7(9(12)13)5-8(11)10/h5-6H,2-4H2,1H3,(H,12,13). The Morgan fingerprint density at radius 2 is 2.19 bits per heavy atom. The highest BCUT2D eigenvalue weighted by Gasteiger charge is 2.12. The zero-order chi connectivity index (χ0) is 12.3. The fourth-order valence-electron chi connectivity index (χ4n) is 1.15. The Labute approximate surface area is 102 Å². The van der Waals surface area contributed by atoms with E-state index < -0.39 is 15.8 Å². The number of carboxylic acids is 1. The molecule has 1 aromatic heterocycles. The molecule has 7 heteroatoms. The summed E-state index contributed by atoms with van der Waals surface area (Å²) in [6.07, 6.45) is 1.41. The van der Waals surface area contributed by atoms with Gasteiger partial charge in [0.15, 0.2) is 9.84 Å². The number of rotatable bonds is 5. The van der Waals surface area contributed by atoms with Crippen LogP contribution in [0.25, 0.3) is 0 Å². The van der Waals surface area contributed by atoms with Crippen LogP contribution in [-0.2, 0) is 16.4 Å². The molecule has 0 amide bonds. The highest BCUT2D eigenvalue weighted by molar-refractivity contribution is 9.10. The van der Waals surface area contributed by atoms with Crippen LogP contribution in [0.3, 0.4) is 0 Å². The molecule has 0 atom stereocenters. The van der Waals surface area contributed by atoms with Crippen molar-refractivity contribution < 1.29 is 18.3 Å². The van der Waals surface area contributed by atoms with Crippen molar-refractivity contribution in [3.63, 3.8) is 0 Å². The van der Waals surface area contributed by atoms with E-state index in [1.54, 1.807) is 11.5 Å². The molecule has 0 saturated heterocycles. The molecule has 0 fully saturated rings. The van der Waals surface area contributed by atoms with Gasteiger partial charge in [-0.05, 0) is 22.0 Å². The minimum atomic E-state index is -3.03. The largest absolute Gasteiger partial charge is 0.478 e. The van der Waals surface area contributed by atoms with Crippen LogP contribution in [0.5, 0.6) is 0 Å². The van der Waals surface area contributed by atoms with E-state index in [0.717, 1.165) is 0 Å². The molecule has 0 aliphatic carbocycles. The zero-order valence-corrected chi connectivity index (χ0v) is 11.1. The highest BCUT2D eigenvalue weighted by Crippen LogP contribution is 2.15. The van der Waals surface area contributed by atoms with Crippen molar-refractivity contribution in [2.24, 2.45) is 0 Å². The first-order valence-electron chi connectivity index (χ1n) is 4.65. The minimum Gasteiger partial charge on any atom is -0.478 e. The van der Waals surface area contributed by atoms with Crippen LogP contribution in [0.2, 0.25) is 0 Å². The van der Waals surface area contributed by atoms with E-state index in [-0.39, 0.29) is 23.6 Å². The molecule has 1 rings (SSSR count). The van der Waals surface area contributed by atoms with Gasteiger partial charge in [-0.25, -0.2) is 13.2 Å². The minimum absolute atomic E-state index is 0.00976. The summed E-state index contributed by atoms with van der Waals surface area (Å²) < 4.78 is 24.7. The molecule has 1 heterocycles.